The lowest BCUT2D eigenvalue weighted by molar-refractivity contribution is 0.0949. The van der Waals surface area contributed by atoms with E-state index in [4.69, 9.17) is 0 Å². The SMILES string of the molecule is CNC(C)CNC(=O)c1cccc(Br)c1I.Cl. The number of carbonyl (C=O) groups excluding carboxylic acids is 1. The van der Waals surface area contributed by atoms with E-state index >= 15 is 0 Å². The number of amides is 1. The van der Waals surface area contributed by atoms with Gasteiger partial charge < -0.3 is 10.6 Å². The third-order valence-electron chi connectivity index (χ3n) is 2.26. The molecule has 0 heterocycles. The van der Waals surface area contributed by atoms with Gasteiger partial charge in [-0.15, -0.1) is 12.4 Å². The third kappa shape index (κ3) is 5.11. The zero-order chi connectivity index (χ0) is 12.1. The Kier molecular flexibility index (Phi) is 8.36. The summed E-state index contributed by atoms with van der Waals surface area (Å²) in [6, 6.07) is 5.89. The second-order valence-corrected chi connectivity index (χ2v) is 5.43. The molecule has 1 rings (SSSR count). The number of rotatable bonds is 4. The van der Waals surface area contributed by atoms with Gasteiger partial charge in [-0.25, -0.2) is 0 Å². The molecule has 17 heavy (non-hydrogen) atoms. The zero-order valence-corrected chi connectivity index (χ0v) is 14.1. The van der Waals surface area contributed by atoms with Crippen LogP contribution >= 0.6 is 50.9 Å². The lowest BCUT2D eigenvalue weighted by atomic mass is 10.2. The van der Waals surface area contributed by atoms with Gasteiger partial charge >= 0.3 is 0 Å². The maximum Gasteiger partial charge on any atom is 0.252 e. The van der Waals surface area contributed by atoms with Crippen LogP contribution in [-0.2, 0) is 0 Å². The fraction of sp³-hybridized carbons (Fsp3) is 0.364. The van der Waals surface area contributed by atoms with Crippen molar-refractivity contribution in [2.75, 3.05) is 13.6 Å². The standard InChI is InChI=1S/C11H14BrIN2O.ClH/c1-7(14-2)6-15-11(16)8-4-3-5-9(12)10(8)13;/h3-5,7,14H,6H2,1-2H3,(H,15,16);1H. The second-order valence-electron chi connectivity index (χ2n) is 3.50. The normalized spacial score (nSPS) is 11.5. The summed E-state index contributed by atoms with van der Waals surface area (Å²) in [6.45, 7) is 2.64. The van der Waals surface area contributed by atoms with E-state index in [0.717, 1.165) is 8.04 Å². The molecule has 0 spiro atoms. The average Bonchev–Trinajstić information content (AvgIpc) is 2.29. The minimum Gasteiger partial charge on any atom is -0.350 e. The van der Waals surface area contributed by atoms with E-state index in [1.807, 2.05) is 32.2 Å². The molecule has 1 unspecified atom stereocenters. The van der Waals surface area contributed by atoms with Crippen LogP contribution in [0.15, 0.2) is 22.7 Å². The van der Waals surface area contributed by atoms with E-state index < -0.39 is 0 Å². The van der Waals surface area contributed by atoms with Crippen molar-refractivity contribution in [1.82, 2.24) is 10.6 Å². The number of likely N-dealkylation sites (N-methyl/N-ethyl adjacent to an activating group) is 1. The van der Waals surface area contributed by atoms with Crippen molar-refractivity contribution < 1.29 is 4.79 Å². The topological polar surface area (TPSA) is 41.1 Å². The molecule has 0 bridgehead atoms. The molecule has 1 aromatic rings. The summed E-state index contributed by atoms with van der Waals surface area (Å²) < 4.78 is 1.89. The van der Waals surface area contributed by atoms with Gasteiger partial charge in [-0.1, -0.05) is 6.07 Å². The average molecular weight is 434 g/mol. The van der Waals surface area contributed by atoms with Crippen LogP contribution in [0.4, 0.5) is 0 Å². The first-order chi connectivity index (χ1) is 7.56. The molecule has 2 N–H and O–H groups in total. The van der Waals surface area contributed by atoms with Gasteiger partial charge in [-0.3, -0.25) is 4.79 Å². The number of hydrogen-bond donors (Lipinski definition) is 2. The van der Waals surface area contributed by atoms with Gasteiger partial charge in [-0.2, -0.15) is 0 Å². The van der Waals surface area contributed by atoms with Crippen LogP contribution in [0.2, 0.25) is 0 Å². The molecule has 0 aliphatic heterocycles. The number of benzene rings is 1. The highest BCUT2D eigenvalue weighted by molar-refractivity contribution is 14.1. The van der Waals surface area contributed by atoms with Crippen molar-refractivity contribution in [2.45, 2.75) is 13.0 Å². The highest BCUT2D eigenvalue weighted by Crippen LogP contribution is 2.22. The lowest BCUT2D eigenvalue weighted by Crippen LogP contribution is -2.37. The number of halogens is 3. The van der Waals surface area contributed by atoms with Crippen molar-refractivity contribution >= 4 is 56.8 Å². The van der Waals surface area contributed by atoms with E-state index in [-0.39, 0.29) is 24.4 Å². The molecule has 1 aromatic carbocycles. The number of nitrogens with one attached hydrogen (secondary N) is 2. The van der Waals surface area contributed by atoms with Gasteiger partial charge in [-0.05, 0) is 64.6 Å². The summed E-state index contributed by atoms with van der Waals surface area (Å²) >= 11 is 5.57. The Morgan fingerprint density at radius 1 is 1.53 bits per heavy atom. The van der Waals surface area contributed by atoms with Gasteiger partial charge in [0, 0.05) is 20.6 Å². The number of hydrogen-bond acceptors (Lipinski definition) is 2. The van der Waals surface area contributed by atoms with E-state index in [2.05, 4.69) is 49.2 Å². The predicted molar refractivity (Wildman–Crippen MR) is 85.0 cm³/mol. The molecule has 3 nitrogen and oxygen atoms in total. The van der Waals surface area contributed by atoms with Gasteiger partial charge in [0.25, 0.3) is 5.91 Å². The van der Waals surface area contributed by atoms with Crippen molar-refractivity contribution in [2.24, 2.45) is 0 Å². The van der Waals surface area contributed by atoms with E-state index in [9.17, 15) is 4.79 Å². The molecule has 1 amide bonds. The fourth-order valence-electron chi connectivity index (χ4n) is 1.12. The molecular weight excluding hydrogens is 418 g/mol. The molecule has 0 fully saturated rings. The Balaban J connectivity index is 0.00000256. The molecule has 0 radical (unpaired) electrons. The quantitative estimate of drug-likeness (QED) is 0.717. The highest BCUT2D eigenvalue weighted by Gasteiger charge is 2.11. The molecular formula is C11H15BrClIN2O. The van der Waals surface area contributed by atoms with Crippen LogP contribution in [0.25, 0.3) is 0 Å². The smallest absolute Gasteiger partial charge is 0.252 e. The van der Waals surface area contributed by atoms with Gasteiger partial charge in [0.05, 0.1) is 5.56 Å². The monoisotopic (exact) mass is 432 g/mol. The second kappa shape index (κ2) is 8.29. The predicted octanol–water partition coefficient (Wildman–Crippen LogP) is 2.81. The molecule has 6 heteroatoms. The van der Waals surface area contributed by atoms with Crippen molar-refractivity contribution in [3.63, 3.8) is 0 Å². The highest BCUT2D eigenvalue weighted by atomic mass is 127. The van der Waals surface area contributed by atoms with Gasteiger partial charge in [0.2, 0.25) is 0 Å². The lowest BCUT2D eigenvalue weighted by Gasteiger charge is -2.12. The van der Waals surface area contributed by atoms with E-state index in [1.165, 1.54) is 0 Å². The Labute approximate surface area is 130 Å². The Bertz CT molecular complexity index is 390. The van der Waals surface area contributed by atoms with Crippen LogP contribution in [0.3, 0.4) is 0 Å². The summed E-state index contributed by atoms with van der Waals surface area (Å²) in [5.74, 6) is -0.0344. The molecule has 0 saturated carbocycles. The first-order valence-electron chi connectivity index (χ1n) is 4.95. The van der Waals surface area contributed by atoms with Gasteiger partial charge in [0.15, 0.2) is 0 Å². The Morgan fingerprint density at radius 2 is 2.18 bits per heavy atom. The fourth-order valence-corrected chi connectivity index (χ4v) is 2.09. The minimum absolute atomic E-state index is 0. The van der Waals surface area contributed by atoms with Crippen LogP contribution < -0.4 is 10.6 Å². The van der Waals surface area contributed by atoms with Crippen LogP contribution in [-0.4, -0.2) is 25.5 Å². The molecule has 0 aromatic heterocycles. The zero-order valence-electron chi connectivity index (χ0n) is 9.59. The van der Waals surface area contributed by atoms with Crippen molar-refractivity contribution in [3.8, 4) is 0 Å². The first kappa shape index (κ1) is 17.2. The summed E-state index contributed by atoms with van der Waals surface area (Å²) in [4.78, 5) is 11.9. The summed E-state index contributed by atoms with van der Waals surface area (Å²) in [5.41, 5.74) is 0.707. The van der Waals surface area contributed by atoms with Crippen molar-refractivity contribution in [1.29, 1.82) is 0 Å². The Morgan fingerprint density at radius 3 is 2.76 bits per heavy atom. The van der Waals surface area contributed by atoms with Crippen molar-refractivity contribution in [3.05, 3.63) is 31.8 Å². The maximum absolute atomic E-state index is 11.9. The minimum atomic E-state index is -0.0344. The largest absolute Gasteiger partial charge is 0.350 e. The molecule has 0 aliphatic rings. The van der Waals surface area contributed by atoms with Crippen LogP contribution in [0.5, 0.6) is 0 Å². The van der Waals surface area contributed by atoms with Gasteiger partial charge in [0.1, 0.15) is 0 Å². The summed E-state index contributed by atoms with van der Waals surface area (Å²) in [7, 11) is 1.87. The van der Waals surface area contributed by atoms with Crippen LogP contribution in [0, 0.1) is 3.57 Å². The van der Waals surface area contributed by atoms with E-state index in [0.29, 0.717) is 12.1 Å². The Hall–Kier alpha value is 0.150. The molecule has 0 saturated heterocycles. The third-order valence-corrected chi connectivity index (χ3v) is 4.82. The summed E-state index contributed by atoms with van der Waals surface area (Å²) in [5, 5.41) is 5.96. The maximum atomic E-state index is 11.9. The van der Waals surface area contributed by atoms with Crippen LogP contribution in [0.1, 0.15) is 17.3 Å². The van der Waals surface area contributed by atoms with E-state index in [1.54, 1.807) is 0 Å². The number of carbonyl (C=O) groups is 1. The summed E-state index contributed by atoms with van der Waals surface area (Å²) in [6.07, 6.45) is 0. The first-order valence-corrected chi connectivity index (χ1v) is 6.83. The molecule has 0 aliphatic carbocycles. The molecule has 96 valence electrons. The molecule has 1 atom stereocenters.